The number of aliphatic hydroxyl groups is 1. The van der Waals surface area contributed by atoms with Crippen LogP contribution in [0, 0.1) is 11.3 Å². The zero-order chi connectivity index (χ0) is 27.2. The molecule has 2 amide bonds. The monoisotopic (exact) mass is 528 g/mol. The van der Waals surface area contributed by atoms with Crippen LogP contribution in [0.2, 0.25) is 0 Å². The number of nitrogens with two attached hydrogens (primary N) is 1. The summed E-state index contributed by atoms with van der Waals surface area (Å²) >= 11 is 0. The second kappa shape index (κ2) is 9.55. The van der Waals surface area contributed by atoms with Crippen molar-refractivity contribution in [1.82, 2.24) is 20.4 Å². The minimum Gasteiger partial charge on any atom is -0.395 e. The molecule has 1 saturated carbocycles. The molecule has 1 aromatic heterocycles. The fourth-order valence-corrected chi connectivity index (χ4v) is 7.70. The van der Waals surface area contributed by atoms with Crippen LogP contribution < -0.4 is 16.4 Å². The summed E-state index contributed by atoms with van der Waals surface area (Å²) in [5, 5.41) is 28.5. The van der Waals surface area contributed by atoms with E-state index in [9.17, 15) is 23.1 Å². The van der Waals surface area contributed by atoms with Gasteiger partial charge in [-0.15, -0.1) is 0 Å². The normalized spacial score (nSPS) is 19.4. The molecule has 1 aliphatic carbocycles. The molecule has 1 aliphatic heterocycles. The van der Waals surface area contributed by atoms with Gasteiger partial charge in [-0.3, -0.25) is 14.3 Å². The highest BCUT2D eigenvalue weighted by atomic mass is 32.2. The first-order valence-electron chi connectivity index (χ1n) is 12.1. The van der Waals surface area contributed by atoms with E-state index in [1.807, 2.05) is 6.07 Å². The molecular formula is C25H32N6O5S. The van der Waals surface area contributed by atoms with Gasteiger partial charge in [0.05, 0.1) is 27.7 Å². The number of carbonyl (C=O) groups excluding carboxylic acids is 2. The average molecular weight is 529 g/mol. The molecule has 1 unspecified atom stereocenters. The molecule has 0 spiro atoms. The largest absolute Gasteiger partial charge is 0.395 e. The van der Waals surface area contributed by atoms with Gasteiger partial charge < -0.3 is 21.5 Å². The fraction of sp³-hybridized carbons (Fsp3) is 0.520. The smallest absolute Gasteiger partial charge is 0.272 e. The quantitative estimate of drug-likeness (QED) is 0.363. The Labute approximate surface area is 215 Å². The molecule has 1 fully saturated rings. The van der Waals surface area contributed by atoms with Gasteiger partial charge in [-0.2, -0.15) is 10.4 Å². The van der Waals surface area contributed by atoms with Crippen LogP contribution >= 0.6 is 0 Å². The van der Waals surface area contributed by atoms with Gasteiger partial charge in [-0.25, -0.2) is 8.42 Å². The Balaban J connectivity index is 1.62. The van der Waals surface area contributed by atoms with Gasteiger partial charge in [-0.05, 0) is 50.8 Å². The van der Waals surface area contributed by atoms with E-state index in [0.717, 1.165) is 5.56 Å². The number of carbonyl (C=O) groups is 2. The Bertz CT molecular complexity index is 1370. The van der Waals surface area contributed by atoms with Crippen LogP contribution in [0.1, 0.15) is 76.7 Å². The van der Waals surface area contributed by atoms with Gasteiger partial charge in [0.15, 0.2) is 15.5 Å². The summed E-state index contributed by atoms with van der Waals surface area (Å²) in [6.07, 6.45) is 1.08. The number of aryl methyl sites for hydroxylation is 1. The zero-order valence-corrected chi connectivity index (χ0v) is 21.9. The Morgan fingerprint density at radius 1 is 1.38 bits per heavy atom. The Morgan fingerprint density at radius 2 is 2.03 bits per heavy atom. The summed E-state index contributed by atoms with van der Waals surface area (Å²) in [6, 6.07) is 7.89. The fourth-order valence-electron chi connectivity index (χ4n) is 5.05. The van der Waals surface area contributed by atoms with Crippen molar-refractivity contribution < 1.29 is 23.1 Å². The SMILES string of the molecule is Cn1nc(C(=O)NCc2ccc(C#N)cc2)c2c1C(=O)NC[C@@H]2CC1(S(=O)(=O)C(C)(C)C(N)CO)CC1. The molecule has 2 aliphatic rings. The number of sulfone groups is 1. The highest BCUT2D eigenvalue weighted by molar-refractivity contribution is 7.94. The molecule has 2 heterocycles. The van der Waals surface area contributed by atoms with E-state index >= 15 is 0 Å². The molecule has 11 nitrogen and oxygen atoms in total. The molecule has 0 saturated heterocycles. The topological polar surface area (TPSA) is 180 Å². The van der Waals surface area contributed by atoms with Crippen LogP contribution in [0.5, 0.6) is 0 Å². The minimum absolute atomic E-state index is 0.0884. The van der Waals surface area contributed by atoms with Gasteiger partial charge in [0.25, 0.3) is 11.8 Å². The number of aliphatic hydroxyl groups excluding tert-OH is 1. The van der Waals surface area contributed by atoms with E-state index in [-0.39, 0.29) is 36.8 Å². The maximum Gasteiger partial charge on any atom is 0.272 e. The van der Waals surface area contributed by atoms with E-state index in [0.29, 0.717) is 24.0 Å². The molecule has 0 radical (unpaired) electrons. The number of hydrogen-bond donors (Lipinski definition) is 4. The van der Waals surface area contributed by atoms with Crippen molar-refractivity contribution in [3.63, 3.8) is 0 Å². The second-order valence-electron chi connectivity index (χ2n) is 10.4. The molecule has 5 N–H and O–H groups in total. The number of nitrogens with one attached hydrogen (secondary N) is 2. The number of hydrogen-bond acceptors (Lipinski definition) is 8. The lowest BCUT2D eigenvalue weighted by atomic mass is 9.88. The first-order chi connectivity index (χ1) is 17.4. The van der Waals surface area contributed by atoms with Crippen molar-refractivity contribution in [1.29, 1.82) is 5.26 Å². The number of fused-ring (bicyclic) bond motifs is 1. The van der Waals surface area contributed by atoms with Crippen LogP contribution in [0.3, 0.4) is 0 Å². The van der Waals surface area contributed by atoms with Crippen molar-refractivity contribution in [2.24, 2.45) is 12.8 Å². The van der Waals surface area contributed by atoms with Crippen LogP contribution in [-0.2, 0) is 23.4 Å². The number of aromatic nitrogens is 2. The third-order valence-electron chi connectivity index (χ3n) is 7.75. The summed E-state index contributed by atoms with van der Waals surface area (Å²) in [4.78, 5) is 25.9. The standard InChI is InChI=1S/C25H32N6O5S/c1-24(2,18(27)14-32)37(35,36)25(8-9-25)10-17-13-29-23(34)21-19(17)20(30-31(21)3)22(33)28-12-16-6-4-15(11-26)5-7-16/h4-7,17-18,32H,8-10,12-14,27H2,1-3H3,(H,28,33)(H,29,34)/t17-,18?/m0/s1. The first kappa shape index (κ1) is 26.8. The van der Waals surface area contributed by atoms with E-state index in [1.54, 1.807) is 31.3 Å². The van der Waals surface area contributed by atoms with Crippen LogP contribution in [0.4, 0.5) is 0 Å². The van der Waals surface area contributed by atoms with E-state index in [4.69, 9.17) is 11.0 Å². The van der Waals surface area contributed by atoms with Crippen molar-refractivity contribution in [3.8, 4) is 6.07 Å². The van der Waals surface area contributed by atoms with Crippen LogP contribution in [0.25, 0.3) is 0 Å². The summed E-state index contributed by atoms with van der Waals surface area (Å²) in [5.41, 5.74) is 8.05. The molecule has 0 bridgehead atoms. The molecule has 37 heavy (non-hydrogen) atoms. The third-order valence-corrected chi connectivity index (χ3v) is 11.1. The lowest BCUT2D eigenvalue weighted by Crippen LogP contribution is -2.55. The number of benzene rings is 1. The number of amides is 2. The number of nitriles is 1. The van der Waals surface area contributed by atoms with Gasteiger partial charge >= 0.3 is 0 Å². The van der Waals surface area contributed by atoms with Crippen molar-refractivity contribution >= 4 is 21.7 Å². The van der Waals surface area contributed by atoms with E-state index in [1.165, 1.54) is 18.5 Å². The molecule has 1 aromatic carbocycles. The predicted octanol–water partition coefficient (Wildman–Crippen LogP) is 0.484. The Hall–Kier alpha value is -3.27. The molecule has 4 rings (SSSR count). The van der Waals surface area contributed by atoms with Crippen molar-refractivity contribution in [3.05, 3.63) is 52.3 Å². The van der Waals surface area contributed by atoms with Gasteiger partial charge in [0.2, 0.25) is 0 Å². The predicted molar refractivity (Wildman–Crippen MR) is 135 cm³/mol. The van der Waals surface area contributed by atoms with Crippen LogP contribution in [0.15, 0.2) is 24.3 Å². The third kappa shape index (κ3) is 4.52. The molecular weight excluding hydrogens is 496 g/mol. The van der Waals surface area contributed by atoms with E-state index in [2.05, 4.69) is 15.7 Å². The van der Waals surface area contributed by atoms with Crippen molar-refractivity contribution in [2.45, 2.75) is 61.1 Å². The van der Waals surface area contributed by atoms with Gasteiger partial charge in [0, 0.05) is 37.7 Å². The molecule has 12 heteroatoms. The Morgan fingerprint density at radius 3 is 2.59 bits per heavy atom. The molecule has 2 aromatic rings. The highest BCUT2D eigenvalue weighted by Crippen LogP contribution is 2.54. The first-order valence-corrected chi connectivity index (χ1v) is 13.6. The lowest BCUT2D eigenvalue weighted by molar-refractivity contribution is 0.0929. The van der Waals surface area contributed by atoms with Crippen molar-refractivity contribution in [2.75, 3.05) is 13.2 Å². The zero-order valence-electron chi connectivity index (χ0n) is 21.1. The minimum atomic E-state index is -3.78. The maximum atomic E-state index is 13.7. The average Bonchev–Trinajstić information content (AvgIpc) is 3.59. The van der Waals surface area contributed by atoms with Gasteiger partial charge in [-0.1, -0.05) is 12.1 Å². The molecule has 198 valence electrons. The summed E-state index contributed by atoms with van der Waals surface area (Å²) in [5.74, 6) is -1.30. The summed E-state index contributed by atoms with van der Waals surface area (Å²) < 4.78 is 26.4. The summed E-state index contributed by atoms with van der Waals surface area (Å²) in [6.45, 7) is 2.97. The maximum absolute atomic E-state index is 13.7. The van der Waals surface area contributed by atoms with Gasteiger partial charge in [0.1, 0.15) is 5.69 Å². The summed E-state index contributed by atoms with van der Waals surface area (Å²) in [7, 11) is -2.21. The lowest BCUT2D eigenvalue weighted by Gasteiger charge is -2.36. The number of rotatable bonds is 9. The number of nitrogens with zero attached hydrogens (tertiary/aromatic N) is 3. The van der Waals surface area contributed by atoms with E-state index < -0.39 is 43.8 Å². The Kier molecular flexibility index (Phi) is 6.92. The van der Waals surface area contributed by atoms with Crippen LogP contribution in [-0.4, -0.2) is 63.8 Å². The molecule has 2 atom stereocenters. The highest BCUT2D eigenvalue weighted by Gasteiger charge is 2.62. The second-order valence-corrected chi connectivity index (χ2v) is 13.3.